The SMILES string of the molecule is CN1C=C(c2nc(C(=O)O)cc3c2[nH]c2ccccc23)C=NC1. The molecule has 0 aliphatic carbocycles. The standard InChI is InChI=1S/C17H14N4O2/c1-21-8-10(7-18-9-21)15-16-12(6-14(20-15)17(22)23)11-4-2-3-5-13(11)19-16/h2-8,19H,9H2,1H3,(H,22,23). The number of carboxylic acid groups (broad SMARTS) is 1. The van der Waals surface area contributed by atoms with Crippen molar-refractivity contribution in [3.05, 3.63) is 47.9 Å². The number of aromatic carboxylic acids is 1. The van der Waals surface area contributed by atoms with Crippen LogP contribution in [0.25, 0.3) is 27.4 Å². The Balaban J connectivity index is 2.09. The van der Waals surface area contributed by atoms with Crippen LogP contribution in [0.2, 0.25) is 0 Å². The van der Waals surface area contributed by atoms with Gasteiger partial charge in [0.1, 0.15) is 12.4 Å². The first-order valence-electron chi connectivity index (χ1n) is 7.20. The highest BCUT2D eigenvalue weighted by atomic mass is 16.4. The average Bonchev–Trinajstić information content (AvgIpc) is 2.92. The Bertz CT molecular complexity index is 1000. The molecule has 0 unspecified atom stereocenters. The maximum atomic E-state index is 11.5. The number of H-pyrrole nitrogens is 1. The van der Waals surface area contributed by atoms with Crippen molar-refractivity contribution in [2.75, 3.05) is 13.7 Å². The zero-order chi connectivity index (χ0) is 16.0. The topological polar surface area (TPSA) is 81.6 Å². The predicted octanol–water partition coefficient (Wildman–Crippen LogP) is 2.73. The van der Waals surface area contributed by atoms with E-state index in [2.05, 4.69) is 15.0 Å². The van der Waals surface area contributed by atoms with Crippen LogP contribution in [0.5, 0.6) is 0 Å². The Hall–Kier alpha value is -3.15. The number of rotatable bonds is 2. The highest BCUT2D eigenvalue weighted by Gasteiger charge is 2.18. The largest absolute Gasteiger partial charge is 0.477 e. The summed E-state index contributed by atoms with van der Waals surface area (Å²) >= 11 is 0. The quantitative estimate of drug-likeness (QED) is 0.762. The lowest BCUT2D eigenvalue weighted by atomic mass is 10.1. The number of nitrogens with zero attached hydrogens (tertiary/aromatic N) is 3. The van der Waals surface area contributed by atoms with E-state index >= 15 is 0 Å². The Morgan fingerprint density at radius 2 is 2.13 bits per heavy atom. The molecule has 0 radical (unpaired) electrons. The lowest BCUT2D eigenvalue weighted by Crippen LogP contribution is -2.16. The zero-order valence-corrected chi connectivity index (χ0v) is 12.4. The van der Waals surface area contributed by atoms with E-state index in [9.17, 15) is 9.90 Å². The average molecular weight is 306 g/mol. The number of benzene rings is 1. The van der Waals surface area contributed by atoms with E-state index in [0.29, 0.717) is 12.4 Å². The number of aromatic nitrogens is 2. The molecule has 0 spiro atoms. The lowest BCUT2D eigenvalue weighted by molar-refractivity contribution is 0.0690. The summed E-state index contributed by atoms with van der Waals surface area (Å²) in [6, 6.07) is 9.43. The summed E-state index contributed by atoms with van der Waals surface area (Å²) in [7, 11) is 1.92. The first kappa shape index (κ1) is 13.5. The molecule has 2 N–H and O–H groups in total. The molecule has 4 rings (SSSR count). The van der Waals surface area contributed by atoms with Crippen LogP contribution < -0.4 is 0 Å². The lowest BCUT2D eigenvalue weighted by Gasteiger charge is -2.17. The molecule has 1 aromatic carbocycles. The summed E-state index contributed by atoms with van der Waals surface area (Å²) in [5, 5.41) is 11.2. The fourth-order valence-electron chi connectivity index (χ4n) is 2.87. The number of aliphatic imine (C=N–C) groups is 1. The van der Waals surface area contributed by atoms with Crippen molar-refractivity contribution in [2.24, 2.45) is 4.99 Å². The third-order valence-electron chi connectivity index (χ3n) is 3.88. The summed E-state index contributed by atoms with van der Waals surface area (Å²) in [4.78, 5) is 25.4. The van der Waals surface area contributed by atoms with Gasteiger partial charge in [0.25, 0.3) is 0 Å². The molecule has 3 heterocycles. The third-order valence-corrected chi connectivity index (χ3v) is 3.88. The number of nitrogens with one attached hydrogen (secondary N) is 1. The molecular formula is C17H14N4O2. The van der Waals surface area contributed by atoms with Crippen LogP contribution in [0.1, 0.15) is 16.2 Å². The minimum Gasteiger partial charge on any atom is -0.477 e. The van der Waals surface area contributed by atoms with Gasteiger partial charge in [-0.05, 0) is 12.1 Å². The molecule has 6 heteroatoms. The van der Waals surface area contributed by atoms with Crippen LogP contribution >= 0.6 is 0 Å². The summed E-state index contributed by atoms with van der Waals surface area (Å²) in [6.07, 6.45) is 3.66. The highest BCUT2D eigenvalue weighted by molar-refractivity contribution is 6.18. The van der Waals surface area contributed by atoms with Crippen molar-refractivity contribution in [1.82, 2.24) is 14.9 Å². The van der Waals surface area contributed by atoms with Crippen LogP contribution in [0.3, 0.4) is 0 Å². The van der Waals surface area contributed by atoms with Crippen molar-refractivity contribution in [3.63, 3.8) is 0 Å². The normalized spacial score (nSPS) is 14.5. The molecule has 0 saturated heterocycles. The predicted molar refractivity (Wildman–Crippen MR) is 89.7 cm³/mol. The van der Waals surface area contributed by atoms with Gasteiger partial charge in [-0.2, -0.15) is 0 Å². The van der Waals surface area contributed by atoms with E-state index in [1.807, 2.05) is 42.4 Å². The number of hydrogen-bond acceptors (Lipinski definition) is 4. The maximum absolute atomic E-state index is 11.5. The van der Waals surface area contributed by atoms with Gasteiger partial charge in [-0.3, -0.25) is 4.99 Å². The molecule has 0 amide bonds. The van der Waals surface area contributed by atoms with Crippen molar-refractivity contribution in [2.45, 2.75) is 0 Å². The first-order valence-corrected chi connectivity index (χ1v) is 7.20. The van der Waals surface area contributed by atoms with Crippen LogP contribution in [0, 0.1) is 0 Å². The minimum absolute atomic E-state index is 0.0276. The number of aromatic amines is 1. The molecule has 3 aromatic rings. The van der Waals surface area contributed by atoms with Gasteiger partial charge in [-0.25, -0.2) is 9.78 Å². The van der Waals surface area contributed by atoms with Crippen LogP contribution in [-0.2, 0) is 0 Å². The second-order valence-electron chi connectivity index (χ2n) is 5.55. The second-order valence-corrected chi connectivity index (χ2v) is 5.55. The van der Waals surface area contributed by atoms with E-state index in [0.717, 1.165) is 27.4 Å². The number of hydrogen-bond donors (Lipinski definition) is 2. The molecule has 0 fully saturated rings. The number of allylic oxidation sites excluding steroid dienone is 1. The fourth-order valence-corrected chi connectivity index (χ4v) is 2.87. The van der Waals surface area contributed by atoms with Crippen molar-refractivity contribution in [1.29, 1.82) is 0 Å². The van der Waals surface area contributed by atoms with Crippen LogP contribution in [-0.4, -0.2) is 45.9 Å². The van der Waals surface area contributed by atoms with E-state index < -0.39 is 5.97 Å². The molecule has 114 valence electrons. The smallest absolute Gasteiger partial charge is 0.354 e. The second kappa shape index (κ2) is 4.95. The molecule has 1 aliphatic rings. The van der Waals surface area contributed by atoms with E-state index in [1.54, 1.807) is 12.3 Å². The van der Waals surface area contributed by atoms with Crippen LogP contribution in [0.15, 0.2) is 41.5 Å². The molecule has 1 aliphatic heterocycles. The molecule has 23 heavy (non-hydrogen) atoms. The fraction of sp³-hybridized carbons (Fsp3) is 0.118. The number of fused-ring (bicyclic) bond motifs is 3. The van der Waals surface area contributed by atoms with Gasteiger partial charge in [0.2, 0.25) is 0 Å². The Labute approximate surface area is 131 Å². The molecule has 0 saturated carbocycles. The van der Waals surface area contributed by atoms with Gasteiger partial charge >= 0.3 is 5.97 Å². The van der Waals surface area contributed by atoms with Gasteiger partial charge in [0.05, 0.1) is 11.2 Å². The molecular weight excluding hydrogens is 292 g/mol. The minimum atomic E-state index is -1.04. The summed E-state index contributed by atoms with van der Waals surface area (Å²) in [6.45, 7) is 0.581. The van der Waals surface area contributed by atoms with Gasteiger partial charge < -0.3 is 15.0 Å². The number of carboxylic acids is 1. The molecule has 0 bridgehead atoms. The summed E-state index contributed by atoms with van der Waals surface area (Å²) < 4.78 is 0. The van der Waals surface area contributed by atoms with E-state index in [-0.39, 0.29) is 5.69 Å². The van der Waals surface area contributed by atoms with E-state index in [4.69, 9.17) is 0 Å². The summed E-state index contributed by atoms with van der Waals surface area (Å²) in [5.74, 6) is -1.04. The first-order chi connectivity index (χ1) is 11.1. The Morgan fingerprint density at radius 1 is 1.30 bits per heavy atom. The third kappa shape index (κ3) is 2.15. The Kier molecular flexibility index (Phi) is 2.90. The zero-order valence-electron chi connectivity index (χ0n) is 12.4. The monoisotopic (exact) mass is 306 g/mol. The van der Waals surface area contributed by atoms with Crippen molar-refractivity contribution >= 4 is 39.6 Å². The van der Waals surface area contributed by atoms with Gasteiger partial charge in [0, 0.05) is 41.3 Å². The number of para-hydroxylation sites is 1. The molecule has 6 nitrogen and oxygen atoms in total. The van der Waals surface area contributed by atoms with Crippen LogP contribution in [0.4, 0.5) is 0 Å². The summed E-state index contributed by atoms with van der Waals surface area (Å²) in [5.41, 5.74) is 3.20. The van der Waals surface area contributed by atoms with E-state index in [1.165, 1.54) is 0 Å². The molecule has 0 atom stereocenters. The maximum Gasteiger partial charge on any atom is 0.354 e. The van der Waals surface area contributed by atoms with Gasteiger partial charge in [-0.15, -0.1) is 0 Å². The number of carbonyl (C=O) groups is 1. The highest BCUT2D eigenvalue weighted by Crippen LogP contribution is 2.30. The number of pyridine rings is 1. The van der Waals surface area contributed by atoms with Gasteiger partial charge in [0.15, 0.2) is 0 Å². The van der Waals surface area contributed by atoms with Crippen molar-refractivity contribution < 1.29 is 9.90 Å². The molecule has 2 aromatic heterocycles. The Morgan fingerprint density at radius 3 is 2.91 bits per heavy atom. The van der Waals surface area contributed by atoms with Gasteiger partial charge in [-0.1, -0.05) is 18.2 Å². The van der Waals surface area contributed by atoms with Crippen molar-refractivity contribution in [3.8, 4) is 0 Å².